The van der Waals surface area contributed by atoms with Gasteiger partial charge in [-0.2, -0.15) is 0 Å². The van der Waals surface area contributed by atoms with E-state index in [9.17, 15) is 0 Å². The molecule has 0 aliphatic rings. The van der Waals surface area contributed by atoms with Crippen molar-refractivity contribution in [3.63, 3.8) is 0 Å². The Labute approximate surface area is 131 Å². The summed E-state index contributed by atoms with van der Waals surface area (Å²) in [6.45, 7) is 5.36. The van der Waals surface area contributed by atoms with Crippen molar-refractivity contribution in [2.45, 2.75) is 19.5 Å². The topological polar surface area (TPSA) is 43.4 Å². The van der Waals surface area contributed by atoms with Crippen molar-refractivity contribution in [1.29, 1.82) is 0 Å². The maximum absolute atomic E-state index is 5.45. The highest BCUT2D eigenvalue weighted by molar-refractivity contribution is 5.50. The van der Waals surface area contributed by atoms with Crippen molar-refractivity contribution in [3.8, 4) is 11.5 Å². The maximum Gasteiger partial charge on any atom is 0.164 e. The molecule has 0 bridgehead atoms. The molecule has 0 saturated heterocycles. The highest BCUT2D eigenvalue weighted by atomic mass is 16.5. The normalized spacial score (nSPS) is 10.3. The summed E-state index contributed by atoms with van der Waals surface area (Å²) < 4.78 is 10.9. The zero-order chi connectivity index (χ0) is 15.8. The smallest absolute Gasteiger partial charge is 0.164 e. The van der Waals surface area contributed by atoms with Crippen LogP contribution < -0.4 is 14.8 Å². The van der Waals surface area contributed by atoms with E-state index in [1.807, 2.05) is 24.3 Å². The highest BCUT2D eigenvalue weighted by Gasteiger charge is 2.11. The van der Waals surface area contributed by atoms with Gasteiger partial charge in [-0.1, -0.05) is 12.1 Å². The number of rotatable bonds is 8. The molecule has 1 aromatic heterocycles. The molecule has 0 spiro atoms. The molecule has 2 rings (SSSR count). The summed E-state index contributed by atoms with van der Waals surface area (Å²) in [5, 5.41) is 3.43. The zero-order valence-corrected chi connectivity index (χ0v) is 13.1. The van der Waals surface area contributed by atoms with Gasteiger partial charge in [0.2, 0.25) is 0 Å². The van der Waals surface area contributed by atoms with Gasteiger partial charge < -0.3 is 14.8 Å². The Bertz CT molecular complexity index is 612. The number of ether oxygens (including phenoxy) is 2. The van der Waals surface area contributed by atoms with Crippen LogP contribution in [0.25, 0.3) is 0 Å². The molecule has 116 valence electrons. The molecular formula is C18H22N2O2. The average Bonchev–Trinajstić information content (AvgIpc) is 2.55. The van der Waals surface area contributed by atoms with Gasteiger partial charge in [-0.05, 0) is 35.7 Å². The van der Waals surface area contributed by atoms with E-state index >= 15 is 0 Å². The largest absolute Gasteiger partial charge is 0.493 e. The lowest BCUT2D eigenvalue weighted by Gasteiger charge is -2.15. The lowest BCUT2D eigenvalue weighted by atomic mass is 10.1. The third-order valence-corrected chi connectivity index (χ3v) is 3.39. The molecule has 1 aromatic carbocycles. The van der Waals surface area contributed by atoms with E-state index < -0.39 is 0 Å². The van der Waals surface area contributed by atoms with Gasteiger partial charge in [-0.15, -0.1) is 6.58 Å². The van der Waals surface area contributed by atoms with Crippen molar-refractivity contribution >= 4 is 0 Å². The van der Waals surface area contributed by atoms with E-state index in [1.165, 1.54) is 5.56 Å². The van der Waals surface area contributed by atoms with E-state index in [0.717, 1.165) is 42.1 Å². The lowest BCUT2D eigenvalue weighted by Crippen LogP contribution is -2.13. The van der Waals surface area contributed by atoms with Crippen molar-refractivity contribution in [2.75, 3.05) is 14.2 Å². The van der Waals surface area contributed by atoms with E-state index in [2.05, 4.69) is 22.9 Å². The van der Waals surface area contributed by atoms with E-state index in [4.69, 9.17) is 9.47 Å². The molecule has 0 atom stereocenters. The molecule has 22 heavy (non-hydrogen) atoms. The number of nitrogens with one attached hydrogen (secondary N) is 1. The summed E-state index contributed by atoms with van der Waals surface area (Å²) in [6, 6.07) is 8.14. The third-order valence-electron chi connectivity index (χ3n) is 3.39. The molecule has 4 nitrogen and oxygen atoms in total. The van der Waals surface area contributed by atoms with E-state index in [1.54, 1.807) is 26.6 Å². The monoisotopic (exact) mass is 298 g/mol. The number of aromatic nitrogens is 1. The Kier molecular flexibility index (Phi) is 5.98. The molecule has 0 unspecified atom stereocenters. The molecular weight excluding hydrogens is 276 g/mol. The molecule has 0 radical (unpaired) electrons. The SMILES string of the molecule is C=CCc1cc(CNCc2ccncc2)cc(OC)c1OC. The number of pyridine rings is 1. The first-order valence-electron chi connectivity index (χ1n) is 7.22. The van der Waals surface area contributed by atoms with Crippen LogP contribution in [0.2, 0.25) is 0 Å². The van der Waals surface area contributed by atoms with Gasteiger partial charge in [-0.3, -0.25) is 4.98 Å². The van der Waals surface area contributed by atoms with Gasteiger partial charge in [0.05, 0.1) is 14.2 Å². The Balaban J connectivity index is 2.09. The molecule has 0 aliphatic heterocycles. The van der Waals surface area contributed by atoms with Gasteiger partial charge in [0.25, 0.3) is 0 Å². The predicted octanol–water partition coefficient (Wildman–Crippen LogP) is 3.12. The van der Waals surface area contributed by atoms with Crippen molar-refractivity contribution in [2.24, 2.45) is 0 Å². The van der Waals surface area contributed by atoms with Crippen LogP contribution in [0.4, 0.5) is 0 Å². The minimum atomic E-state index is 0.748. The Morgan fingerprint density at radius 1 is 1.09 bits per heavy atom. The van der Waals surface area contributed by atoms with Crippen LogP contribution in [-0.4, -0.2) is 19.2 Å². The number of methoxy groups -OCH3 is 2. The fourth-order valence-corrected chi connectivity index (χ4v) is 2.37. The van der Waals surface area contributed by atoms with Crippen LogP contribution in [0.3, 0.4) is 0 Å². The first-order valence-corrected chi connectivity index (χ1v) is 7.22. The number of benzene rings is 1. The second-order valence-electron chi connectivity index (χ2n) is 4.94. The Hall–Kier alpha value is -2.33. The number of hydrogen-bond donors (Lipinski definition) is 1. The average molecular weight is 298 g/mol. The molecule has 1 heterocycles. The minimum Gasteiger partial charge on any atom is -0.493 e. The van der Waals surface area contributed by atoms with Gasteiger partial charge in [0.15, 0.2) is 11.5 Å². The van der Waals surface area contributed by atoms with Gasteiger partial charge in [0, 0.05) is 31.0 Å². The quantitative estimate of drug-likeness (QED) is 0.761. The van der Waals surface area contributed by atoms with Crippen LogP contribution >= 0.6 is 0 Å². The highest BCUT2D eigenvalue weighted by Crippen LogP contribution is 2.33. The lowest BCUT2D eigenvalue weighted by molar-refractivity contribution is 0.351. The zero-order valence-electron chi connectivity index (χ0n) is 13.1. The molecule has 0 saturated carbocycles. The van der Waals surface area contributed by atoms with E-state index in [-0.39, 0.29) is 0 Å². The Morgan fingerprint density at radius 2 is 1.82 bits per heavy atom. The molecule has 4 heteroatoms. The van der Waals surface area contributed by atoms with Crippen LogP contribution in [-0.2, 0) is 19.5 Å². The number of allylic oxidation sites excluding steroid dienone is 1. The van der Waals surface area contributed by atoms with Gasteiger partial charge >= 0.3 is 0 Å². The minimum absolute atomic E-state index is 0.748. The summed E-state index contributed by atoms with van der Waals surface area (Å²) in [5.74, 6) is 1.53. The predicted molar refractivity (Wildman–Crippen MR) is 88.2 cm³/mol. The van der Waals surface area contributed by atoms with Crippen molar-refractivity contribution in [3.05, 3.63) is 66.0 Å². The third kappa shape index (κ3) is 4.09. The standard InChI is InChI=1S/C18H22N2O2/c1-4-5-16-10-15(11-17(21-2)18(16)22-3)13-20-12-14-6-8-19-9-7-14/h4,6-11,20H,1,5,12-13H2,2-3H3. The summed E-state index contributed by atoms with van der Waals surface area (Å²) in [5.41, 5.74) is 3.45. The van der Waals surface area contributed by atoms with Crippen molar-refractivity contribution in [1.82, 2.24) is 10.3 Å². The van der Waals surface area contributed by atoms with Crippen molar-refractivity contribution < 1.29 is 9.47 Å². The molecule has 0 amide bonds. The summed E-state index contributed by atoms with van der Waals surface area (Å²) in [6.07, 6.45) is 6.22. The maximum atomic E-state index is 5.45. The summed E-state index contributed by atoms with van der Waals surface area (Å²) in [4.78, 5) is 4.02. The van der Waals surface area contributed by atoms with Gasteiger partial charge in [-0.25, -0.2) is 0 Å². The first-order chi connectivity index (χ1) is 10.8. The Morgan fingerprint density at radius 3 is 2.45 bits per heavy atom. The van der Waals surface area contributed by atoms with E-state index in [0.29, 0.717) is 0 Å². The van der Waals surface area contributed by atoms with Crippen LogP contribution in [0, 0.1) is 0 Å². The summed E-state index contributed by atoms with van der Waals surface area (Å²) >= 11 is 0. The number of hydrogen-bond acceptors (Lipinski definition) is 4. The summed E-state index contributed by atoms with van der Waals surface area (Å²) in [7, 11) is 3.32. The van der Waals surface area contributed by atoms with Gasteiger partial charge in [0.1, 0.15) is 0 Å². The molecule has 2 aromatic rings. The van der Waals surface area contributed by atoms with Crippen LogP contribution in [0.5, 0.6) is 11.5 Å². The molecule has 1 N–H and O–H groups in total. The number of nitrogens with zero attached hydrogens (tertiary/aromatic N) is 1. The molecule has 0 aliphatic carbocycles. The first kappa shape index (κ1) is 16.0. The fourth-order valence-electron chi connectivity index (χ4n) is 2.37. The molecule has 0 fully saturated rings. The second kappa shape index (κ2) is 8.20. The second-order valence-corrected chi connectivity index (χ2v) is 4.94. The van der Waals surface area contributed by atoms with Crippen LogP contribution in [0.15, 0.2) is 49.3 Å². The fraction of sp³-hybridized carbons (Fsp3) is 0.278. The van der Waals surface area contributed by atoms with Crippen LogP contribution in [0.1, 0.15) is 16.7 Å².